The molecular weight excluding hydrogens is 356 g/mol. The highest BCUT2D eigenvalue weighted by molar-refractivity contribution is 5.76. The number of non-ortho nitro benzene ring substituents is 1. The fourth-order valence-corrected chi connectivity index (χ4v) is 2.67. The molecule has 0 aliphatic rings. The monoisotopic (exact) mass is 372 g/mol. The lowest BCUT2D eigenvalue weighted by Crippen LogP contribution is -2.43. The highest BCUT2D eigenvalue weighted by Gasteiger charge is 2.16. The van der Waals surface area contributed by atoms with Crippen molar-refractivity contribution in [2.75, 3.05) is 0 Å². The van der Waals surface area contributed by atoms with E-state index >= 15 is 0 Å². The molecule has 27 heavy (non-hydrogen) atoms. The number of nitrogens with zero attached hydrogens (tertiary/aromatic N) is 5. The Morgan fingerprint density at radius 3 is 2.52 bits per heavy atom. The normalized spacial score (nSPS) is 10.9. The summed E-state index contributed by atoms with van der Waals surface area (Å²) in [6, 6.07) is 5.70. The molecule has 3 rings (SSSR count). The van der Waals surface area contributed by atoms with Crippen molar-refractivity contribution >= 4 is 22.8 Å². The molecule has 140 valence electrons. The van der Waals surface area contributed by atoms with Crippen LogP contribution in [0.25, 0.3) is 11.2 Å². The number of nitrogens with one attached hydrogen (secondary N) is 1. The van der Waals surface area contributed by atoms with Gasteiger partial charge in [0.2, 0.25) is 5.91 Å². The maximum Gasteiger partial charge on any atom is 0.332 e. The van der Waals surface area contributed by atoms with Gasteiger partial charge in [-0.3, -0.25) is 24.3 Å². The van der Waals surface area contributed by atoms with Crippen molar-refractivity contribution in [3.63, 3.8) is 0 Å². The summed E-state index contributed by atoms with van der Waals surface area (Å²) < 4.78 is 3.54. The number of imidazole rings is 1. The number of aryl methyl sites for hydroxylation is 2. The minimum atomic E-state index is -0.642. The van der Waals surface area contributed by atoms with E-state index in [2.05, 4.69) is 10.3 Å². The first-order valence-corrected chi connectivity index (χ1v) is 7.90. The van der Waals surface area contributed by atoms with E-state index in [1.165, 1.54) is 46.8 Å². The van der Waals surface area contributed by atoms with Crippen LogP contribution in [0.15, 0.2) is 40.2 Å². The van der Waals surface area contributed by atoms with E-state index < -0.39 is 28.6 Å². The van der Waals surface area contributed by atoms with Crippen molar-refractivity contribution < 1.29 is 9.72 Å². The summed E-state index contributed by atoms with van der Waals surface area (Å²) in [6.07, 6.45) is 1.42. The number of benzene rings is 1. The summed E-state index contributed by atoms with van der Waals surface area (Å²) in [5, 5.41) is 13.2. The summed E-state index contributed by atoms with van der Waals surface area (Å²) in [5.41, 5.74) is -0.175. The smallest absolute Gasteiger partial charge is 0.332 e. The van der Waals surface area contributed by atoms with E-state index in [-0.39, 0.29) is 23.4 Å². The van der Waals surface area contributed by atoms with Crippen LogP contribution in [0.3, 0.4) is 0 Å². The van der Waals surface area contributed by atoms with Crippen LogP contribution >= 0.6 is 0 Å². The van der Waals surface area contributed by atoms with Crippen molar-refractivity contribution in [2.24, 2.45) is 14.1 Å². The Kier molecular flexibility index (Phi) is 4.59. The Labute approximate surface area is 151 Å². The topological polar surface area (TPSA) is 134 Å². The summed E-state index contributed by atoms with van der Waals surface area (Å²) in [4.78, 5) is 51.2. The van der Waals surface area contributed by atoms with Gasteiger partial charge in [0.15, 0.2) is 11.2 Å². The van der Waals surface area contributed by atoms with Crippen LogP contribution in [0.4, 0.5) is 5.69 Å². The number of amides is 1. The van der Waals surface area contributed by atoms with Crippen LogP contribution in [0.2, 0.25) is 0 Å². The third kappa shape index (κ3) is 3.34. The van der Waals surface area contributed by atoms with Crippen LogP contribution in [-0.2, 0) is 32.0 Å². The van der Waals surface area contributed by atoms with Crippen LogP contribution in [0.5, 0.6) is 0 Å². The number of fused-ring (bicyclic) bond motifs is 1. The van der Waals surface area contributed by atoms with Crippen LogP contribution < -0.4 is 16.6 Å². The first kappa shape index (κ1) is 18.0. The number of rotatable bonds is 5. The third-order valence-electron chi connectivity index (χ3n) is 4.14. The highest BCUT2D eigenvalue weighted by Crippen LogP contribution is 2.11. The van der Waals surface area contributed by atoms with Crippen molar-refractivity contribution in [1.82, 2.24) is 24.0 Å². The maximum absolute atomic E-state index is 12.5. The Morgan fingerprint density at radius 2 is 1.89 bits per heavy atom. The van der Waals surface area contributed by atoms with E-state index in [1.54, 1.807) is 7.05 Å². The predicted molar refractivity (Wildman–Crippen MR) is 95.2 cm³/mol. The van der Waals surface area contributed by atoms with Crippen LogP contribution in [-0.4, -0.2) is 29.5 Å². The van der Waals surface area contributed by atoms with Gasteiger partial charge in [-0.15, -0.1) is 0 Å². The molecule has 0 saturated carbocycles. The molecule has 0 radical (unpaired) electrons. The van der Waals surface area contributed by atoms with E-state index in [1.807, 2.05) is 0 Å². The van der Waals surface area contributed by atoms with Crippen molar-refractivity contribution in [2.45, 2.75) is 13.1 Å². The molecule has 11 heteroatoms. The zero-order valence-electron chi connectivity index (χ0n) is 14.6. The minimum Gasteiger partial charge on any atom is -0.350 e. The second-order valence-corrected chi connectivity index (χ2v) is 5.96. The zero-order chi connectivity index (χ0) is 19.7. The molecule has 3 aromatic rings. The van der Waals surface area contributed by atoms with E-state index in [0.717, 1.165) is 4.57 Å². The first-order valence-electron chi connectivity index (χ1n) is 7.90. The third-order valence-corrected chi connectivity index (χ3v) is 4.14. The van der Waals surface area contributed by atoms with Crippen molar-refractivity contribution in [1.29, 1.82) is 0 Å². The fourth-order valence-electron chi connectivity index (χ4n) is 2.67. The molecule has 0 unspecified atom stereocenters. The quantitative estimate of drug-likeness (QED) is 0.481. The Bertz CT molecular complexity index is 1150. The van der Waals surface area contributed by atoms with Gasteiger partial charge in [0.25, 0.3) is 11.2 Å². The molecule has 0 aliphatic carbocycles. The summed E-state index contributed by atoms with van der Waals surface area (Å²) in [5.74, 6) is -0.533. The van der Waals surface area contributed by atoms with Crippen LogP contribution in [0, 0.1) is 10.1 Å². The second kappa shape index (κ2) is 6.86. The van der Waals surface area contributed by atoms with Crippen molar-refractivity contribution in [3.8, 4) is 0 Å². The number of aromatic nitrogens is 4. The number of nitro benzene ring substituents is 1. The molecule has 1 N–H and O–H groups in total. The Hall–Kier alpha value is -3.76. The largest absolute Gasteiger partial charge is 0.350 e. The zero-order valence-corrected chi connectivity index (χ0v) is 14.6. The molecule has 2 aromatic heterocycles. The van der Waals surface area contributed by atoms with Gasteiger partial charge >= 0.3 is 5.69 Å². The second-order valence-electron chi connectivity index (χ2n) is 5.96. The average Bonchev–Trinajstić information content (AvgIpc) is 3.04. The Balaban J connectivity index is 1.78. The maximum atomic E-state index is 12.5. The molecule has 1 amide bonds. The first-order chi connectivity index (χ1) is 12.8. The van der Waals surface area contributed by atoms with Gasteiger partial charge in [0, 0.05) is 32.8 Å². The van der Waals surface area contributed by atoms with Gasteiger partial charge in [-0.05, 0) is 5.56 Å². The summed E-state index contributed by atoms with van der Waals surface area (Å²) in [7, 11) is 3.10. The van der Waals surface area contributed by atoms with E-state index in [0.29, 0.717) is 5.56 Å². The number of hydrogen-bond donors (Lipinski definition) is 1. The van der Waals surface area contributed by atoms with Gasteiger partial charge < -0.3 is 9.88 Å². The van der Waals surface area contributed by atoms with Gasteiger partial charge in [0.1, 0.15) is 6.54 Å². The van der Waals surface area contributed by atoms with Crippen molar-refractivity contribution in [3.05, 3.63) is 67.1 Å². The van der Waals surface area contributed by atoms with Gasteiger partial charge in [-0.2, -0.15) is 0 Å². The number of carbonyl (C=O) groups excluding carboxylic acids is 1. The number of hydrogen-bond acceptors (Lipinski definition) is 6. The van der Waals surface area contributed by atoms with E-state index in [4.69, 9.17) is 0 Å². The molecule has 1 aromatic carbocycles. The highest BCUT2D eigenvalue weighted by atomic mass is 16.6. The minimum absolute atomic E-state index is 0.0513. The molecule has 11 nitrogen and oxygen atoms in total. The molecule has 0 aliphatic heterocycles. The predicted octanol–water partition coefficient (Wildman–Crippen LogP) is -0.342. The van der Waals surface area contributed by atoms with Gasteiger partial charge in [0.05, 0.1) is 11.3 Å². The molecule has 0 atom stereocenters. The van der Waals surface area contributed by atoms with Gasteiger partial charge in [-0.1, -0.05) is 12.1 Å². The molecule has 0 bridgehead atoms. The van der Waals surface area contributed by atoms with Crippen LogP contribution in [0.1, 0.15) is 5.56 Å². The lowest BCUT2D eigenvalue weighted by atomic mass is 10.2. The lowest BCUT2D eigenvalue weighted by molar-refractivity contribution is -0.384. The Morgan fingerprint density at radius 1 is 1.22 bits per heavy atom. The number of carbonyl (C=O) groups is 1. The average molecular weight is 372 g/mol. The molecule has 0 fully saturated rings. The number of nitro groups is 1. The summed E-state index contributed by atoms with van der Waals surface area (Å²) in [6.45, 7) is -0.334. The SMILES string of the molecule is Cn1cnc2c1c(=O)n(CC(=O)NCc1ccc([N+](=O)[O-])cc1)c(=O)n2C. The molecule has 0 saturated heterocycles. The molecule has 0 spiro atoms. The molecular formula is C16H16N6O5. The molecule has 2 heterocycles. The fraction of sp³-hybridized carbons (Fsp3) is 0.250. The standard InChI is InChI=1S/C16H16N6O5/c1-19-9-18-14-13(19)15(24)21(16(25)20(14)2)8-12(23)17-7-10-3-5-11(6-4-10)22(26)27/h3-6,9H,7-8H2,1-2H3,(H,17,23). The van der Waals surface area contributed by atoms with E-state index in [9.17, 15) is 24.5 Å². The lowest BCUT2D eigenvalue weighted by Gasteiger charge is -2.09. The van der Waals surface area contributed by atoms with Gasteiger partial charge in [-0.25, -0.2) is 14.3 Å². The summed E-state index contributed by atoms with van der Waals surface area (Å²) >= 11 is 0.